The Bertz CT molecular complexity index is 1000. The summed E-state index contributed by atoms with van der Waals surface area (Å²) in [6.45, 7) is 5.98. The average molecular weight is 440 g/mol. The van der Waals surface area contributed by atoms with Gasteiger partial charge in [-0.15, -0.1) is 0 Å². The lowest BCUT2D eigenvalue weighted by Crippen LogP contribution is -2.36. The molecule has 8 nitrogen and oxygen atoms in total. The van der Waals surface area contributed by atoms with E-state index in [1.54, 1.807) is 14.2 Å². The molecule has 0 amide bonds. The van der Waals surface area contributed by atoms with Gasteiger partial charge in [-0.05, 0) is 37.1 Å². The van der Waals surface area contributed by atoms with Crippen molar-refractivity contribution in [2.45, 2.75) is 39.2 Å². The van der Waals surface area contributed by atoms with E-state index in [0.29, 0.717) is 36.8 Å². The van der Waals surface area contributed by atoms with E-state index in [-0.39, 0.29) is 12.3 Å². The first kappa shape index (κ1) is 23.8. The fourth-order valence-electron chi connectivity index (χ4n) is 3.14. The van der Waals surface area contributed by atoms with Gasteiger partial charge in [0.1, 0.15) is 5.82 Å². The lowest BCUT2D eigenvalue weighted by Gasteiger charge is -2.14. The molecule has 1 aromatic carbocycles. The van der Waals surface area contributed by atoms with Crippen LogP contribution in [0.3, 0.4) is 0 Å². The fourth-order valence-corrected chi connectivity index (χ4v) is 3.99. The predicted molar refractivity (Wildman–Crippen MR) is 116 cm³/mol. The van der Waals surface area contributed by atoms with E-state index in [1.807, 2.05) is 18.5 Å². The zero-order valence-electron chi connectivity index (χ0n) is 18.1. The summed E-state index contributed by atoms with van der Waals surface area (Å²) in [5, 5.41) is 10.9. The van der Waals surface area contributed by atoms with E-state index in [2.05, 4.69) is 20.7 Å². The zero-order valence-corrected chi connectivity index (χ0v) is 18.9. The van der Waals surface area contributed by atoms with Gasteiger partial charge in [0.15, 0.2) is 15.8 Å². The smallest absolute Gasteiger partial charge is 0.191 e. The summed E-state index contributed by atoms with van der Waals surface area (Å²) in [7, 11) is 0.0642. The number of benzene rings is 1. The Morgan fingerprint density at radius 3 is 2.57 bits per heavy atom. The van der Waals surface area contributed by atoms with Crippen molar-refractivity contribution >= 4 is 15.8 Å². The van der Waals surface area contributed by atoms with Gasteiger partial charge in [-0.2, -0.15) is 5.10 Å². The molecular weight excluding hydrogens is 409 g/mol. The number of nitrogens with one attached hydrogen (secondary N) is 2. The second kappa shape index (κ2) is 10.5. The SMILES string of the molecule is CN=C(NCc1cc(F)ccc1CS(C)(=O)=O)NCc1c(C)nn(CCOC)c1C. The summed E-state index contributed by atoms with van der Waals surface area (Å²) in [5.74, 6) is -0.0373. The highest BCUT2D eigenvalue weighted by Crippen LogP contribution is 2.15. The number of hydrogen-bond donors (Lipinski definition) is 2. The minimum atomic E-state index is -3.23. The summed E-state index contributed by atoms with van der Waals surface area (Å²) in [6.07, 6.45) is 1.16. The summed E-state index contributed by atoms with van der Waals surface area (Å²) in [6, 6.07) is 4.11. The van der Waals surface area contributed by atoms with E-state index in [4.69, 9.17) is 4.74 Å². The third-order valence-corrected chi connectivity index (χ3v) is 5.56. The van der Waals surface area contributed by atoms with Gasteiger partial charge in [0.2, 0.25) is 0 Å². The van der Waals surface area contributed by atoms with Crippen LogP contribution in [0.25, 0.3) is 0 Å². The molecule has 1 aromatic heterocycles. The lowest BCUT2D eigenvalue weighted by molar-refractivity contribution is 0.182. The standard InChI is InChI=1S/C20H30FN5O3S/c1-14-19(15(2)26(25-14)8-9-29-4)12-24-20(22-3)23-11-17-10-18(21)7-6-16(17)13-30(5,27)28/h6-7,10H,8-9,11-13H2,1-5H3,(H2,22,23,24). The van der Waals surface area contributed by atoms with Crippen molar-refractivity contribution < 1.29 is 17.5 Å². The minimum absolute atomic E-state index is 0.143. The number of aromatic nitrogens is 2. The first-order valence-electron chi connectivity index (χ1n) is 9.56. The van der Waals surface area contributed by atoms with E-state index in [1.165, 1.54) is 18.2 Å². The maximum absolute atomic E-state index is 13.7. The van der Waals surface area contributed by atoms with Crippen LogP contribution in [-0.2, 0) is 40.0 Å². The van der Waals surface area contributed by atoms with Gasteiger partial charge in [-0.3, -0.25) is 9.67 Å². The van der Waals surface area contributed by atoms with Crippen molar-refractivity contribution in [1.29, 1.82) is 0 Å². The number of aryl methyl sites for hydroxylation is 1. The Labute approximate surface area is 177 Å². The Morgan fingerprint density at radius 2 is 1.93 bits per heavy atom. The first-order chi connectivity index (χ1) is 14.1. The van der Waals surface area contributed by atoms with Gasteiger partial charge < -0.3 is 15.4 Å². The quantitative estimate of drug-likeness (QED) is 0.456. The Kier molecular flexibility index (Phi) is 8.36. The van der Waals surface area contributed by atoms with Crippen LogP contribution in [0.1, 0.15) is 28.1 Å². The molecule has 2 rings (SSSR count). The molecule has 0 spiro atoms. The molecule has 0 fully saturated rings. The monoisotopic (exact) mass is 439 g/mol. The van der Waals surface area contributed by atoms with Crippen LogP contribution in [0.15, 0.2) is 23.2 Å². The molecule has 0 bridgehead atoms. The maximum atomic E-state index is 13.7. The van der Waals surface area contributed by atoms with Crippen molar-refractivity contribution in [1.82, 2.24) is 20.4 Å². The molecule has 0 saturated carbocycles. The van der Waals surface area contributed by atoms with Gasteiger partial charge in [0.05, 0.1) is 24.6 Å². The Morgan fingerprint density at radius 1 is 1.23 bits per heavy atom. The molecule has 0 aliphatic carbocycles. The number of ether oxygens (including phenoxy) is 1. The summed E-state index contributed by atoms with van der Waals surface area (Å²) in [4.78, 5) is 4.20. The van der Waals surface area contributed by atoms with Crippen molar-refractivity contribution in [2.24, 2.45) is 4.99 Å². The number of nitrogens with zero attached hydrogens (tertiary/aromatic N) is 3. The largest absolute Gasteiger partial charge is 0.383 e. The third-order valence-electron chi connectivity index (χ3n) is 4.73. The minimum Gasteiger partial charge on any atom is -0.383 e. The Balaban J connectivity index is 2.05. The van der Waals surface area contributed by atoms with Crippen LogP contribution in [-0.4, -0.2) is 51.2 Å². The molecule has 0 unspecified atom stereocenters. The molecule has 0 aliphatic rings. The lowest BCUT2D eigenvalue weighted by atomic mass is 10.1. The number of methoxy groups -OCH3 is 1. The Hall–Kier alpha value is -2.46. The number of guanidine groups is 1. The van der Waals surface area contributed by atoms with Gasteiger partial charge >= 0.3 is 0 Å². The van der Waals surface area contributed by atoms with Crippen LogP contribution in [0.4, 0.5) is 4.39 Å². The summed E-state index contributed by atoms with van der Waals surface area (Å²) in [5.41, 5.74) is 4.17. The summed E-state index contributed by atoms with van der Waals surface area (Å²) >= 11 is 0. The molecule has 166 valence electrons. The highest BCUT2D eigenvalue weighted by molar-refractivity contribution is 7.89. The number of halogens is 1. The second-order valence-corrected chi connectivity index (χ2v) is 9.27. The molecule has 10 heteroatoms. The van der Waals surface area contributed by atoms with E-state index in [9.17, 15) is 12.8 Å². The van der Waals surface area contributed by atoms with Crippen molar-refractivity contribution in [3.05, 3.63) is 52.1 Å². The topological polar surface area (TPSA) is 97.6 Å². The molecule has 0 atom stereocenters. The third kappa shape index (κ3) is 6.81. The molecule has 0 saturated heterocycles. The van der Waals surface area contributed by atoms with Crippen molar-refractivity contribution in [3.63, 3.8) is 0 Å². The molecule has 30 heavy (non-hydrogen) atoms. The van der Waals surface area contributed by atoms with Crippen molar-refractivity contribution in [2.75, 3.05) is 27.0 Å². The van der Waals surface area contributed by atoms with Gasteiger partial charge in [-0.1, -0.05) is 6.07 Å². The van der Waals surface area contributed by atoms with E-state index < -0.39 is 15.7 Å². The zero-order chi connectivity index (χ0) is 22.3. The molecule has 0 aliphatic heterocycles. The maximum Gasteiger partial charge on any atom is 0.191 e. The van der Waals surface area contributed by atoms with Crippen LogP contribution in [0.2, 0.25) is 0 Å². The molecular formula is C20H30FN5O3S. The van der Waals surface area contributed by atoms with Crippen LogP contribution in [0.5, 0.6) is 0 Å². The van der Waals surface area contributed by atoms with E-state index >= 15 is 0 Å². The van der Waals surface area contributed by atoms with Crippen LogP contribution in [0, 0.1) is 19.7 Å². The highest BCUT2D eigenvalue weighted by atomic mass is 32.2. The van der Waals surface area contributed by atoms with Crippen LogP contribution < -0.4 is 10.6 Å². The number of aliphatic imine (C=N–C) groups is 1. The first-order valence-corrected chi connectivity index (χ1v) is 11.6. The summed E-state index contributed by atoms with van der Waals surface area (Å²) < 4.78 is 44.0. The molecule has 0 radical (unpaired) electrons. The molecule has 2 N–H and O–H groups in total. The number of sulfone groups is 1. The van der Waals surface area contributed by atoms with Crippen molar-refractivity contribution in [3.8, 4) is 0 Å². The normalized spacial score (nSPS) is 12.3. The predicted octanol–water partition coefficient (Wildman–Crippen LogP) is 1.70. The highest BCUT2D eigenvalue weighted by Gasteiger charge is 2.13. The van der Waals surface area contributed by atoms with E-state index in [0.717, 1.165) is 23.2 Å². The fraction of sp³-hybridized carbons (Fsp3) is 0.500. The van der Waals surface area contributed by atoms with Gasteiger partial charge in [-0.25, -0.2) is 12.8 Å². The molecule has 2 aromatic rings. The van der Waals surface area contributed by atoms with Crippen LogP contribution >= 0.6 is 0 Å². The second-order valence-electron chi connectivity index (χ2n) is 7.13. The van der Waals surface area contributed by atoms with Gasteiger partial charge in [0.25, 0.3) is 0 Å². The average Bonchev–Trinajstić information content (AvgIpc) is 2.94. The van der Waals surface area contributed by atoms with Gasteiger partial charge in [0, 0.05) is 44.8 Å². The number of hydrogen-bond acceptors (Lipinski definition) is 5. The number of rotatable bonds is 9. The molecule has 1 heterocycles.